The second-order valence-electron chi connectivity index (χ2n) is 3.56. The smallest absolute Gasteiger partial charge is 0.293 e. The fourth-order valence-electron chi connectivity index (χ4n) is 2.12. The Kier molecular flexibility index (Phi) is 4.90. The van der Waals surface area contributed by atoms with Gasteiger partial charge in [0.05, 0.1) is 0 Å². The third-order valence-corrected chi connectivity index (χ3v) is 2.80. The molecule has 0 heterocycles. The Morgan fingerprint density at radius 1 is 1.21 bits per heavy atom. The molecule has 0 spiro atoms. The average Bonchev–Trinajstić information content (AvgIpc) is 2.23. The second kappa shape index (κ2) is 5.98. The summed E-state index contributed by atoms with van der Waals surface area (Å²) in [7, 11) is 3.22. The largest absolute Gasteiger partial charge is 0.464 e. The van der Waals surface area contributed by atoms with Crippen LogP contribution in [0.15, 0.2) is 0 Å². The van der Waals surface area contributed by atoms with Gasteiger partial charge >= 0.3 is 0 Å². The van der Waals surface area contributed by atoms with Crippen LogP contribution in [0, 0.1) is 5.92 Å². The van der Waals surface area contributed by atoms with Crippen LogP contribution in [-0.2, 0) is 19.0 Å². The highest BCUT2D eigenvalue weighted by molar-refractivity contribution is 5.37. The van der Waals surface area contributed by atoms with Gasteiger partial charge in [-0.25, -0.2) is 0 Å². The van der Waals surface area contributed by atoms with Gasteiger partial charge < -0.3 is 14.2 Å². The molecule has 0 aromatic heterocycles. The van der Waals surface area contributed by atoms with Crippen molar-refractivity contribution >= 4 is 6.47 Å². The van der Waals surface area contributed by atoms with Crippen molar-refractivity contribution in [1.82, 2.24) is 0 Å². The zero-order chi connectivity index (χ0) is 10.4. The monoisotopic (exact) mass is 202 g/mol. The van der Waals surface area contributed by atoms with Gasteiger partial charge in [-0.2, -0.15) is 0 Å². The van der Waals surface area contributed by atoms with Gasteiger partial charge in [0.15, 0.2) is 6.29 Å². The third-order valence-electron chi connectivity index (χ3n) is 2.80. The highest BCUT2D eigenvalue weighted by atomic mass is 16.7. The maximum atomic E-state index is 10.3. The minimum absolute atomic E-state index is 0.0499. The van der Waals surface area contributed by atoms with E-state index < -0.39 is 0 Å². The molecule has 0 aromatic carbocycles. The summed E-state index contributed by atoms with van der Waals surface area (Å²) >= 11 is 0. The lowest BCUT2D eigenvalue weighted by Crippen LogP contribution is -2.38. The van der Waals surface area contributed by atoms with E-state index in [0.29, 0.717) is 6.47 Å². The van der Waals surface area contributed by atoms with Gasteiger partial charge in [0, 0.05) is 20.1 Å². The summed E-state index contributed by atoms with van der Waals surface area (Å²) in [5.41, 5.74) is 0. The summed E-state index contributed by atoms with van der Waals surface area (Å²) < 4.78 is 15.4. The van der Waals surface area contributed by atoms with Crippen molar-refractivity contribution < 1.29 is 19.0 Å². The highest BCUT2D eigenvalue weighted by Crippen LogP contribution is 2.30. The summed E-state index contributed by atoms with van der Waals surface area (Å²) in [5, 5.41) is 0. The molecular formula is C10H18O4. The first-order valence-electron chi connectivity index (χ1n) is 4.98. The highest BCUT2D eigenvalue weighted by Gasteiger charge is 2.33. The van der Waals surface area contributed by atoms with Crippen molar-refractivity contribution in [3.8, 4) is 0 Å². The van der Waals surface area contributed by atoms with Gasteiger partial charge in [-0.15, -0.1) is 0 Å². The number of carbonyl (C=O) groups excluding carboxylic acids is 1. The standard InChI is InChI=1S/C10H18O4/c1-12-10(13-2)8-5-3-4-6-9(8)14-7-11/h7-10H,3-6H2,1-2H3/t8-,9-/m0/s1. The van der Waals surface area contributed by atoms with Crippen molar-refractivity contribution in [2.45, 2.75) is 38.1 Å². The zero-order valence-electron chi connectivity index (χ0n) is 8.77. The normalized spacial score (nSPS) is 27.6. The van der Waals surface area contributed by atoms with E-state index in [-0.39, 0.29) is 18.3 Å². The van der Waals surface area contributed by atoms with E-state index >= 15 is 0 Å². The molecule has 1 aliphatic rings. The molecule has 0 saturated heterocycles. The predicted molar refractivity (Wildman–Crippen MR) is 50.7 cm³/mol. The van der Waals surface area contributed by atoms with E-state index in [0.717, 1.165) is 25.7 Å². The molecule has 1 fully saturated rings. The average molecular weight is 202 g/mol. The molecule has 0 N–H and O–H groups in total. The van der Waals surface area contributed by atoms with E-state index in [1.807, 2.05) is 0 Å². The van der Waals surface area contributed by atoms with Crippen molar-refractivity contribution in [2.24, 2.45) is 5.92 Å². The van der Waals surface area contributed by atoms with Crippen LogP contribution < -0.4 is 0 Å². The van der Waals surface area contributed by atoms with E-state index in [2.05, 4.69) is 0 Å². The minimum atomic E-state index is -0.264. The van der Waals surface area contributed by atoms with Crippen LogP contribution >= 0.6 is 0 Å². The Hall–Kier alpha value is -0.610. The number of ether oxygens (including phenoxy) is 3. The van der Waals surface area contributed by atoms with Crippen LogP contribution in [0.5, 0.6) is 0 Å². The number of rotatable bonds is 5. The van der Waals surface area contributed by atoms with Gasteiger partial charge in [0.25, 0.3) is 6.47 Å². The molecule has 14 heavy (non-hydrogen) atoms. The lowest BCUT2D eigenvalue weighted by Gasteiger charge is -2.33. The summed E-state index contributed by atoms with van der Waals surface area (Å²) in [5.74, 6) is 0.170. The lowest BCUT2D eigenvalue weighted by atomic mass is 9.86. The van der Waals surface area contributed by atoms with E-state index in [4.69, 9.17) is 14.2 Å². The molecule has 0 aromatic rings. The minimum Gasteiger partial charge on any atom is -0.464 e. The number of hydrogen-bond donors (Lipinski definition) is 0. The molecule has 0 amide bonds. The maximum Gasteiger partial charge on any atom is 0.293 e. The van der Waals surface area contributed by atoms with Crippen molar-refractivity contribution in [3.63, 3.8) is 0 Å². The summed E-state index contributed by atoms with van der Waals surface area (Å²) in [6.45, 7) is 0.519. The van der Waals surface area contributed by atoms with Crippen LogP contribution in [0.4, 0.5) is 0 Å². The SMILES string of the molecule is COC(OC)[C@H]1CCCC[C@@H]1OC=O. The molecule has 2 atom stereocenters. The van der Waals surface area contributed by atoms with Crippen molar-refractivity contribution in [2.75, 3.05) is 14.2 Å². The lowest BCUT2D eigenvalue weighted by molar-refractivity contribution is -0.179. The first-order chi connectivity index (χ1) is 6.83. The first-order valence-corrected chi connectivity index (χ1v) is 4.98. The predicted octanol–water partition coefficient (Wildman–Crippen LogP) is 1.34. The Morgan fingerprint density at radius 2 is 1.86 bits per heavy atom. The van der Waals surface area contributed by atoms with E-state index in [1.165, 1.54) is 0 Å². The van der Waals surface area contributed by atoms with Crippen molar-refractivity contribution in [1.29, 1.82) is 0 Å². The zero-order valence-corrected chi connectivity index (χ0v) is 8.77. The Labute approximate surface area is 84.5 Å². The summed E-state index contributed by atoms with van der Waals surface area (Å²) in [6.07, 6.45) is 3.84. The molecule has 0 radical (unpaired) electrons. The molecule has 4 nitrogen and oxygen atoms in total. The van der Waals surface area contributed by atoms with Crippen LogP contribution in [0.3, 0.4) is 0 Å². The molecule has 0 aliphatic heterocycles. The second-order valence-corrected chi connectivity index (χ2v) is 3.56. The van der Waals surface area contributed by atoms with E-state index in [9.17, 15) is 4.79 Å². The Balaban J connectivity index is 2.55. The van der Waals surface area contributed by atoms with Crippen LogP contribution in [0.2, 0.25) is 0 Å². The van der Waals surface area contributed by atoms with Crippen LogP contribution in [-0.4, -0.2) is 33.1 Å². The van der Waals surface area contributed by atoms with Crippen LogP contribution in [0.25, 0.3) is 0 Å². The quantitative estimate of drug-likeness (QED) is 0.498. The fraction of sp³-hybridized carbons (Fsp3) is 0.900. The van der Waals surface area contributed by atoms with E-state index in [1.54, 1.807) is 14.2 Å². The summed E-state index contributed by atoms with van der Waals surface area (Å²) in [6, 6.07) is 0. The topological polar surface area (TPSA) is 44.8 Å². The van der Waals surface area contributed by atoms with Gasteiger partial charge in [0.1, 0.15) is 6.10 Å². The first kappa shape index (κ1) is 11.5. The molecule has 1 rings (SSSR count). The Bertz CT molecular complexity index is 168. The maximum absolute atomic E-state index is 10.3. The van der Waals surface area contributed by atoms with Crippen LogP contribution in [0.1, 0.15) is 25.7 Å². The molecule has 0 unspecified atom stereocenters. The fourth-order valence-corrected chi connectivity index (χ4v) is 2.12. The molecule has 0 bridgehead atoms. The van der Waals surface area contributed by atoms with Crippen molar-refractivity contribution in [3.05, 3.63) is 0 Å². The Morgan fingerprint density at radius 3 is 2.43 bits per heavy atom. The molecule has 4 heteroatoms. The molecule has 82 valence electrons. The molecular weight excluding hydrogens is 184 g/mol. The molecule has 1 aliphatic carbocycles. The number of hydrogen-bond acceptors (Lipinski definition) is 4. The molecule has 1 saturated carbocycles. The third kappa shape index (κ3) is 2.69. The number of carbonyl (C=O) groups is 1. The van der Waals surface area contributed by atoms with Gasteiger partial charge in [0.2, 0.25) is 0 Å². The van der Waals surface area contributed by atoms with Gasteiger partial charge in [-0.05, 0) is 19.3 Å². The number of methoxy groups -OCH3 is 2. The summed E-state index contributed by atoms with van der Waals surface area (Å²) in [4.78, 5) is 10.3. The van der Waals surface area contributed by atoms with Gasteiger partial charge in [-0.3, -0.25) is 4.79 Å². The van der Waals surface area contributed by atoms with Gasteiger partial charge in [-0.1, -0.05) is 6.42 Å².